The molecule has 0 aromatic heterocycles. The van der Waals surface area contributed by atoms with Crippen LogP contribution in [0.2, 0.25) is 0 Å². The van der Waals surface area contributed by atoms with Crippen LogP contribution in [0.15, 0.2) is 30.3 Å². The number of aromatic hydroxyl groups is 1. The fourth-order valence-corrected chi connectivity index (χ4v) is 4.15. The summed E-state index contributed by atoms with van der Waals surface area (Å²) in [6, 6.07) is 7.59. The summed E-state index contributed by atoms with van der Waals surface area (Å²) in [6.45, 7) is 2.31. The lowest BCUT2D eigenvalue weighted by molar-refractivity contribution is -0.136. The number of nitrogens with one attached hydrogen (secondary N) is 1. The van der Waals surface area contributed by atoms with Crippen LogP contribution in [0.25, 0.3) is 0 Å². The van der Waals surface area contributed by atoms with Gasteiger partial charge in [-0.05, 0) is 48.6 Å². The monoisotopic (exact) mass is 492 g/mol. The first kappa shape index (κ1) is 26.1. The number of halogens is 3. The van der Waals surface area contributed by atoms with E-state index in [1.54, 1.807) is 23.1 Å². The lowest BCUT2D eigenvalue weighted by Crippen LogP contribution is -2.36. The first-order valence-corrected chi connectivity index (χ1v) is 11.3. The minimum Gasteiger partial charge on any atom is -0.507 e. The Kier molecular flexibility index (Phi) is 8.03. The van der Waals surface area contributed by atoms with Gasteiger partial charge < -0.3 is 19.8 Å². The molecule has 0 saturated heterocycles. The molecule has 1 aliphatic rings. The van der Waals surface area contributed by atoms with Crippen molar-refractivity contribution in [1.29, 1.82) is 5.41 Å². The number of aryl methyl sites for hydroxylation is 1. The number of hydrogen-bond acceptors (Lipinski definition) is 5. The topological polar surface area (TPSA) is 111 Å². The van der Waals surface area contributed by atoms with Crippen LogP contribution in [-0.4, -0.2) is 47.1 Å². The Bertz CT molecular complexity index is 1130. The third-order valence-electron chi connectivity index (χ3n) is 5.78. The molecule has 0 radical (unpaired) electrons. The molecule has 0 atom stereocenters. The van der Waals surface area contributed by atoms with Gasteiger partial charge in [0, 0.05) is 29.8 Å². The highest BCUT2D eigenvalue weighted by Gasteiger charge is 2.37. The van der Waals surface area contributed by atoms with Gasteiger partial charge in [-0.15, -0.1) is 0 Å². The average Bonchev–Trinajstić information content (AvgIpc) is 2.78. The van der Waals surface area contributed by atoms with E-state index >= 15 is 0 Å². The second-order valence-corrected chi connectivity index (χ2v) is 8.34. The number of nitrogens with zero attached hydrogens (tertiary/aromatic N) is 1. The summed E-state index contributed by atoms with van der Waals surface area (Å²) >= 11 is 0. The van der Waals surface area contributed by atoms with Gasteiger partial charge in [0.15, 0.2) is 0 Å². The molecule has 0 spiro atoms. The van der Waals surface area contributed by atoms with Crippen molar-refractivity contribution in [2.24, 2.45) is 0 Å². The molecule has 3 rings (SSSR count). The minimum atomic E-state index is -4.88. The molecule has 1 amide bonds. The average molecular weight is 492 g/mol. The molecule has 7 nitrogen and oxygen atoms in total. The van der Waals surface area contributed by atoms with Gasteiger partial charge in [-0.25, -0.2) is 0 Å². The Labute approximate surface area is 200 Å². The number of hydrogen-bond donors (Lipinski definition) is 3. The molecule has 0 bridgehead atoms. The van der Waals surface area contributed by atoms with E-state index in [-0.39, 0.29) is 36.7 Å². The van der Waals surface area contributed by atoms with E-state index in [4.69, 9.17) is 15.3 Å². The Morgan fingerprint density at radius 3 is 2.60 bits per heavy atom. The molecule has 0 fully saturated rings. The predicted octanol–water partition coefficient (Wildman–Crippen LogP) is 4.65. The molecule has 3 N–H and O–H groups in total. The predicted molar refractivity (Wildman–Crippen MR) is 124 cm³/mol. The smallest absolute Gasteiger partial charge is 0.433 e. The van der Waals surface area contributed by atoms with Gasteiger partial charge in [0.05, 0.1) is 13.0 Å². The van der Waals surface area contributed by atoms with Crippen molar-refractivity contribution < 1.29 is 37.7 Å². The molecule has 35 heavy (non-hydrogen) atoms. The van der Waals surface area contributed by atoms with Gasteiger partial charge in [0.2, 0.25) is 5.91 Å². The molecule has 1 aliphatic heterocycles. The molecular formula is C25H27F3N2O5. The van der Waals surface area contributed by atoms with Gasteiger partial charge in [-0.2, -0.15) is 13.2 Å². The Morgan fingerprint density at radius 1 is 1.20 bits per heavy atom. The number of phenolic OH excluding ortho intramolecular Hbond substituents is 1. The fourth-order valence-electron chi connectivity index (χ4n) is 4.15. The number of rotatable bonds is 10. The summed E-state index contributed by atoms with van der Waals surface area (Å²) < 4.78 is 44.6. The molecule has 2 aromatic carbocycles. The zero-order chi connectivity index (χ0) is 25.8. The zero-order valence-corrected chi connectivity index (χ0v) is 19.2. The molecule has 0 saturated carbocycles. The largest absolute Gasteiger partial charge is 0.507 e. The number of carboxylic acids is 1. The first-order chi connectivity index (χ1) is 16.5. The fraction of sp³-hybridized carbons (Fsp3) is 0.400. The van der Waals surface area contributed by atoms with E-state index in [1.807, 2.05) is 6.92 Å². The van der Waals surface area contributed by atoms with Crippen LogP contribution in [-0.2, 0) is 28.9 Å². The van der Waals surface area contributed by atoms with Gasteiger partial charge in [0.25, 0.3) is 0 Å². The van der Waals surface area contributed by atoms with Gasteiger partial charge in [-0.3, -0.25) is 15.0 Å². The van der Waals surface area contributed by atoms with Crippen molar-refractivity contribution in [2.45, 2.75) is 51.6 Å². The van der Waals surface area contributed by atoms with Crippen molar-refractivity contribution >= 4 is 23.3 Å². The van der Waals surface area contributed by atoms with Gasteiger partial charge in [-0.1, -0.05) is 25.5 Å². The number of amides is 1. The standard InChI is InChI=1S/C25H27F3N2O5/c1-2-4-17-20(9-7-18(23(17)34)24(29)25(26,27)28)35-12-3-11-30-19-8-5-15(14-22(32)33)13-16(19)6-10-21(30)31/h5,7-9,13,29,34H,2-4,6,10-12,14H2,1H3,(H,32,33). The van der Waals surface area contributed by atoms with Gasteiger partial charge in [0.1, 0.15) is 17.2 Å². The van der Waals surface area contributed by atoms with E-state index in [0.717, 1.165) is 17.3 Å². The minimum absolute atomic E-state index is 0.0529. The highest BCUT2D eigenvalue weighted by Crippen LogP contribution is 2.36. The molecule has 1 heterocycles. The Balaban J connectivity index is 1.69. The SMILES string of the molecule is CCCc1c(OCCCN2C(=O)CCc3cc(CC(=O)O)ccc32)ccc(C(=N)C(F)(F)F)c1O. The maximum Gasteiger partial charge on any atom is 0.433 e. The maximum absolute atomic E-state index is 12.9. The molecule has 2 aromatic rings. The summed E-state index contributed by atoms with van der Waals surface area (Å²) in [5, 5.41) is 26.7. The van der Waals surface area contributed by atoms with Crippen LogP contribution >= 0.6 is 0 Å². The lowest BCUT2D eigenvalue weighted by atomic mass is 9.97. The number of carbonyl (C=O) groups is 2. The molecule has 0 unspecified atom stereocenters. The number of benzene rings is 2. The zero-order valence-electron chi connectivity index (χ0n) is 19.2. The van der Waals surface area contributed by atoms with E-state index < -0.39 is 29.2 Å². The van der Waals surface area contributed by atoms with E-state index in [1.165, 1.54) is 6.07 Å². The number of ether oxygens (including phenoxy) is 1. The number of fused-ring (bicyclic) bond motifs is 1. The van der Waals surface area contributed by atoms with Crippen LogP contribution < -0.4 is 9.64 Å². The van der Waals surface area contributed by atoms with Crippen LogP contribution in [0.4, 0.5) is 18.9 Å². The quantitative estimate of drug-likeness (QED) is 0.330. The van der Waals surface area contributed by atoms with Crippen LogP contribution in [0.1, 0.15) is 48.4 Å². The number of anilines is 1. The Hall–Kier alpha value is -3.56. The second kappa shape index (κ2) is 10.8. The number of phenols is 1. The molecule has 10 heteroatoms. The second-order valence-electron chi connectivity index (χ2n) is 8.34. The summed E-state index contributed by atoms with van der Waals surface area (Å²) in [6.07, 6.45) is -2.88. The van der Waals surface area contributed by atoms with Crippen LogP contribution in [0.5, 0.6) is 11.5 Å². The number of alkyl halides is 3. The summed E-state index contributed by atoms with van der Waals surface area (Å²) in [5.41, 5.74) is 0.305. The Morgan fingerprint density at radius 2 is 1.94 bits per heavy atom. The van der Waals surface area contributed by atoms with Crippen molar-refractivity contribution in [1.82, 2.24) is 0 Å². The van der Waals surface area contributed by atoms with E-state index in [2.05, 4.69) is 0 Å². The third-order valence-corrected chi connectivity index (χ3v) is 5.78. The summed E-state index contributed by atoms with van der Waals surface area (Å²) in [5.74, 6) is -1.35. The van der Waals surface area contributed by atoms with Crippen molar-refractivity contribution in [3.63, 3.8) is 0 Å². The van der Waals surface area contributed by atoms with Crippen LogP contribution in [0.3, 0.4) is 0 Å². The highest BCUT2D eigenvalue weighted by molar-refractivity contribution is 6.05. The molecule has 188 valence electrons. The summed E-state index contributed by atoms with van der Waals surface area (Å²) in [7, 11) is 0. The van der Waals surface area contributed by atoms with Crippen molar-refractivity contribution in [3.8, 4) is 11.5 Å². The molecule has 0 aliphatic carbocycles. The van der Waals surface area contributed by atoms with Crippen molar-refractivity contribution in [3.05, 3.63) is 52.6 Å². The third kappa shape index (κ3) is 6.12. The normalized spacial score (nSPS) is 13.5. The highest BCUT2D eigenvalue weighted by atomic mass is 19.4. The lowest BCUT2D eigenvalue weighted by Gasteiger charge is -2.30. The molecular weight excluding hydrogens is 465 g/mol. The number of carboxylic acid groups (broad SMARTS) is 1. The summed E-state index contributed by atoms with van der Waals surface area (Å²) in [4.78, 5) is 25.1. The van der Waals surface area contributed by atoms with Gasteiger partial charge >= 0.3 is 12.1 Å². The number of aliphatic carboxylic acids is 1. The number of carbonyl (C=O) groups excluding carboxylic acids is 1. The maximum atomic E-state index is 12.9. The van der Waals surface area contributed by atoms with E-state index in [9.17, 15) is 27.9 Å². The van der Waals surface area contributed by atoms with Crippen LogP contribution in [0, 0.1) is 5.41 Å². The van der Waals surface area contributed by atoms with Crippen molar-refractivity contribution in [2.75, 3.05) is 18.1 Å². The first-order valence-electron chi connectivity index (χ1n) is 11.3. The van der Waals surface area contributed by atoms with E-state index in [0.29, 0.717) is 37.8 Å².